The Bertz CT molecular complexity index is 1120. The van der Waals surface area contributed by atoms with Gasteiger partial charge in [-0.05, 0) is 49.8 Å². The molecule has 0 fully saturated rings. The maximum absolute atomic E-state index is 12.7. The first-order valence-corrected chi connectivity index (χ1v) is 10.0. The fourth-order valence-corrected chi connectivity index (χ4v) is 3.46. The van der Waals surface area contributed by atoms with Gasteiger partial charge in [-0.15, -0.1) is 0 Å². The smallest absolute Gasteiger partial charge is 0.189 e. The normalized spacial score (nSPS) is 11.1. The van der Waals surface area contributed by atoms with Crippen LogP contribution in [0.2, 0.25) is 10.0 Å². The van der Waals surface area contributed by atoms with E-state index < -0.39 is 0 Å². The number of carbonyl (C=O) groups excluding carboxylic acids is 1. The summed E-state index contributed by atoms with van der Waals surface area (Å²) in [6.45, 7) is 3.97. The summed E-state index contributed by atoms with van der Waals surface area (Å²) in [4.78, 5) is 12.7. The van der Waals surface area contributed by atoms with Crippen LogP contribution in [0.1, 0.15) is 32.9 Å². The molecular weight excluding hydrogens is 423 g/mol. The first-order valence-electron chi connectivity index (χ1n) is 9.28. The summed E-state index contributed by atoms with van der Waals surface area (Å²) in [7, 11) is 3.39. The topological polar surface area (TPSA) is 53.3 Å². The molecule has 1 heterocycles. The number of benzene rings is 2. The first-order chi connectivity index (χ1) is 14.3. The van der Waals surface area contributed by atoms with E-state index in [0.29, 0.717) is 32.8 Å². The van der Waals surface area contributed by atoms with Gasteiger partial charge in [0.25, 0.3) is 0 Å². The molecule has 0 aliphatic heterocycles. The van der Waals surface area contributed by atoms with Gasteiger partial charge in [0, 0.05) is 18.3 Å². The highest BCUT2D eigenvalue weighted by atomic mass is 35.5. The van der Waals surface area contributed by atoms with Crippen molar-refractivity contribution in [2.24, 2.45) is 7.05 Å². The van der Waals surface area contributed by atoms with Crippen LogP contribution in [-0.4, -0.2) is 22.7 Å². The number of nitrogens with zero attached hydrogens (tertiary/aromatic N) is 2. The number of para-hydroxylation sites is 1. The first kappa shape index (κ1) is 21.9. The third-order valence-electron chi connectivity index (χ3n) is 4.77. The van der Waals surface area contributed by atoms with E-state index >= 15 is 0 Å². The number of carbonyl (C=O) groups is 1. The molecule has 0 saturated heterocycles. The predicted octanol–water partition coefficient (Wildman–Crippen LogP) is 5.83. The molecule has 0 saturated carbocycles. The van der Waals surface area contributed by atoms with Crippen molar-refractivity contribution in [1.29, 1.82) is 0 Å². The predicted molar refractivity (Wildman–Crippen MR) is 120 cm³/mol. The fourth-order valence-electron chi connectivity index (χ4n) is 3.14. The summed E-state index contributed by atoms with van der Waals surface area (Å²) in [5.74, 6) is 0.990. The Hall–Kier alpha value is -2.76. The average molecular weight is 445 g/mol. The minimum atomic E-state index is -0.114. The number of hydrogen-bond acceptors (Lipinski definition) is 4. The van der Waals surface area contributed by atoms with Gasteiger partial charge in [0.15, 0.2) is 17.3 Å². The Labute approximate surface area is 185 Å². The molecule has 0 bridgehead atoms. The third kappa shape index (κ3) is 4.69. The molecule has 2 aromatic carbocycles. The molecule has 0 amide bonds. The van der Waals surface area contributed by atoms with Crippen LogP contribution in [0.3, 0.4) is 0 Å². The molecule has 0 aliphatic rings. The second-order valence-corrected chi connectivity index (χ2v) is 7.60. The molecule has 30 heavy (non-hydrogen) atoms. The fraction of sp³-hybridized carbons (Fsp3) is 0.217. The number of rotatable bonds is 7. The lowest BCUT2D eigenvalue weighted by Gasteiger charge is -2.14. The number of ether oxygens (including phenoxy) is 2. The highest BCUT2D eigenvalue weighted by Crippen LogP contribution is 2.33. The van der Waals surface area contributed by atoms with E-state index in [1.165, 1.54) is 6.08 Å². The Kier molecular flexibility index (Phi) is 6.85. The van der Waals surface area contributed by atoms with Gasteiger partial charge in [-0.2, -0.15) is 5.10 Å². The summed E-state index contributed by atoms with van der Waals surface area (Å²) < 4.78 is 13.2. The zero-order chi connectivity index (χ0) is 21.8. The van der Waals surface area contributed by atoms with Gasteiger partial charge in [-0.25, -0.2) is 0 Å². The SMILES string of the molecule is COc1cccc(/C=C/C(=O)c2c(C)nn(C)c2C)c1OCc1ccc(Cl)c(Cl)c1. The van der Waals surface area contributed by atoms with Crippen molar-refractivity contribution in [3.8, 4) is 11.5 Å². The van der Waals surface area contributed by atoms with Crippen LogP contribution in [0.5, 0.6) is 11.5 Å². The van der Waals surface area contributed by atoms with E-state index in [0.717, 1.165) is 16.8 Å². The highest BCUT2D eigenvalue weighted by molar-refractivity contribution is 6.42. The molecule has 7 heteroatoms. The van der Waals surface area contributed by atoms with Gasteiger partial charge in [0.05, 0.1) is 28.4 Å². The van der Waals surface area contributed by atoms with Gasteiger partial charge < -0.3 is 9.47 Å². The lowest BCUT2D eigenvalue weighted by Crippen LogP contribution is -2.01. The zero-order valence-corrected chi connectivity index (χ0v) is 18.7. The molecule has 156 valence electrons. The molecule has 0 atom stereocenters. The third-order valence-corrected chi connectivity index (χ3v) is 5.51. The lowest BCUT2D eigenvalue weighted by atomic mass is 10.1. The molecule has 1 aromatic heterocycles. The molecule has 0 spiro atoms. The van der Waals surface area contributed by atoms with Crippen molar-refractivity contribution < 1.29 is 14.3 Å². The molecule has 0 radical (unpaired) electrons. The van der Waals surface area contributed by atoms with Gasteiger partial charge in [0.2, 0.25) is 0 Å². The second kappa shape index (κ2) is 9.37. The van der Waals surface area contributed by atoms with Crippen LogP contribution in [0, 0.1) is 13.8 Å². The maximum atomic E-state index is 12.7. The van der Waals surface area contributed by atoms with Gasteiger partial charge in [0.1, 0.15) is 6.61 Å². The zero-order valence-electron chi connectivity index (χ0n) is 17.2. The van der Waals surface area contributed by atoms with E-state index in [4.69, 9.17) is 32.7 Å². The van der Waals surface area contributed by atoms with Crippen LogP contribution in [0.4, 0.5) is 0 Å². The minimum absolute atomic E-state index is 0.114. The highest BCUT2D eigenvalue weighted by Gasteiger charge is 2.16. The summed E-state index contributed by atoms with van der Waals surface area (Å²) >= 11 is 12.1. The minimum Gasteiger partial charge on any atom is -0.493 e. The van der Waals surface area contributed by atoms with Gasteiger partial charge in [-0.3, -0.25) is 9.48 Å². The van der Waals surface area contributed by atoms with Crippen LogP contribution < -0.4 is 9.47 Å². The van der Waals surface area contributed by atoms with E-state index in [1.807, 2.05) is 39.1 Å². The van der Waals surface area contributed by atoms with E-state index in [-0.39, 0.29) is 12.4 Å². The van der Waals surface area contributed by atoms with Crippen molar-refractivity contribution in [2.45, 2.75) is 20.5 Å². The Morgan fingerprint density at radius 3 is 2.57 bits per heavy atom. The van der Waals surface area contributed by atoms with Crippen molar-refractivity contribution >= 4 is 35.1 Å². The Morgan fingerprint density at radius 1 is 1.17 bits per heavy atom. The molecule has 0 unspecified atom stereocenters. The Morgan fingerprint density at radius 2 is 1.93 bits per heavy atom. The molecular formula is C23H22Cl2N2O3. The number of aryl methyl sites for hydroxylation is 2. The number of ketones is 1. The van der Waals surface area contributed by atoms with Crippen LogP contribution in [0.15, 0.2) is 42.5 Å². The number of aromatic nitrogens is 2. The molecule has 5 nitrogen and oxygen atoms in total. The quantitative estimate of drug-likeness (QED) is 0.339. The Balaban J connectivity index is 1.87. The standard InChI is InChI=1S/C23H22Cl2N2O3/c1-14-22(15(2)27(3)26-14)20(28)11-9-17-6-5-7-21(29-4)23(17)30-13-16-8-10-18(24)19(25)12-16/h5-12H,13H2,1-4H3/b11-9+. The lowest BCUT2D eigenvalue weighted by molar-refractivity contribution is 0.104. The van der Waals surface area contributed by atoms with Crippen molar-refractivity contribution in [2.75, 3.05) is 7.11 Å². The summed E-state index contributed by atoms with van der Waals surface area (Å²) in [6, 6.07) is 10.8. The molecule has 3 aromatic rings. The maximum Gasteiger partial charge on any atom is 0.189 e. The number of methoxy groups -OCH3 is 1. The molecule has 0 aliphatic carbocycles. The van der Waals surface area contributed by atoms with E-state index in [1.54, 1.807) is 36.1 Å². The van der Waals surface area contributed by atoms with Crippen molar-refractivity contribution in [3.05, 3.63) is 80.6 Å². The number of allylic oxidation sites excluding steroid dienone is 1. The van der Waals surface area contributed by atoms with Crippen LogP contribution >= 0.6 is 23.2 Å². The monoisotopic (exact) mass is 444 g/mol. The molecule has 3 rings (SSSR count). The van der Waals surface area contributed by atoms with Gasteiger partial charge in [-0.1, -0.05) is 41.4 Å². The van der Waals surface area contributed by atoms with Gasteiger partial charge >= 0.3 is 0 Å². The summed E-state index contributed by atoms with van der Waals surface area (Å²) in [6.07, 6.45) is 3.25. The largest absolute Gasteiger partial charge is 0.493 e. The van der Waals surface area contributed by atoms with Crippen molar-refractivity contribution in [1.82, 2.24) is 9.78 Å². The van der Waals surface area contributed by atoms with Crippen LogP contribution in [0.25, 0.3) is 6.08 Å². The van der Waals surface area contributed by atoms with Crippen LogP contribution in [-0.2, 0) is 13.7 Å². The summed E-state index contributed by atoms with van der Waals surface area (Å²) in [5.41, 5.74) is 3.72. The number of hydrogen-bond donors (Lipinski definition) is 0. The second-order valence-electron chi connectivity index (χ2n) is 6.78. The number of halogens is 2. The average Bonchev–Trinajstić information content (AvgIpc) is 2.98. The van der Waals surface area contributed by atoms with Crippen molar-refractivity contribution in [3.63, 3.8) is 0 Å². The molecule has 0 N–H and O–H groups in total. The summed E-state index contributed by atoms with van der Waals surface area (Å²) in [5, 5.41) is 5.26. The van der Waals surface area contributed by atoms with E-state index in [2.05, 4.69) is 5.10 Å². The van der Waals surface area contributed by atoms with E-state index in [9.17, 15) is 4.79 Å².